The number of benzene rings is 2. The largest absolute Gasteiger partial charge is 0.508 e. The highest BCUT2D eigenvalue weighted by Crippen LogP contribution is 2.15. The van der Waals surface area contributed by atoms with E-state index in [9.17, 15) is 18.7 Å². The van der Waals surface area contributed by atoms with Crippen molar-refractivity contribution in [2.45, 2.75) is 25.8 Å². The molecule has 0 aliphatic carbocycles. The molecule has 0 aliphatic heterocycles. The number of aromatic hydroxyl groups is 1. The molecule has 0 aliphatic rings. The second-order valence-corrected chi connectivity index (χ2v) is 5.65. The Morgan fingerprint density at radius 2 is 1.70 bits per heavy atom. The van der Waals surface area contributed by atoms with Crippen molar-refractivity contribution < 1.29 is 18.7 Å². The summed E-state index contributed by atoms with van der Waals surface area (Å²) in [6.07, 6.45) is 0.661. The van der Waals surface area contributed by atoms with Crippen LogP contribution in [0.1, 0.15) is 18.1 Å². The van der Waals surface area contributed by atoms with Crippen LogP contribution in [0.15, 0.2) is 42.5 Å². The molecule has 1 atom stereocenters. The highest BCUT2D eigenvalue weighted by atomic mass is 19.2. The Hall–Kier alpha value is -2.43. The van der Waals surface area contributed by atoms with Crippen LogP contribution in [0.3, 0.4) is 0 Å². The van der Waals surface area contributed by atoms with Crippen LogP contribution in [-0.2, 0) is 17.6 Å². The van der Waals surface area contributed by atoms with Crippen LogP contribution >= 0.6 is 0 Å². The first-order valence-corrected chi connectivity index (χ1v) is 7.34. The molecule has 1 amide bonds. The van der Waals surface area contributed by atoms with Gasteiger partial charge in [-0.05, 0) is 48.7 Å². The number of phenolic OH excluding ortho intramolecular Hbond substituents is 1. The smallest absolute Gasteiger partial charge is 0.226 e. The van der Waals surface area contributed by atoms with Crippen molar-refractivity contribution in [3.05, 3.63) is 65.2 Å². The Morgan fingerprint density at radius 1 is 1.09 bits per heavy atom. The Labute approximate surface area is 134 Å². The predicted molar refractivity (Wildman–Crippen MR) is 84.1 cm³/mol. The fourth-order valence-corrected chi connectivity index (χ4v) is 2.30. The molecular formula is C18H19F2NO2. The molecule has 3 nitrogen and oxygen atoms in total. The summed E-state index contributed by atoms with van der Waals surface area (Å²) in [4.78, 5) is 13.9. The molecule has 1 N–H and O–H groups in total. The van der Waals surface area contributed by atoms with Gasteiger partial charge in [0.15, 0.2) is 11.6 Å². The summed E-state index contributed by atoms with van der Waals surface area (Å²) < 4.78 is 26.1. The molecule has 0 saturated heterocycles. The molecule has 2 rings (SSSR count). The Balaban J connectivity index is 1.97. The van der Waals surface area contributed by atoms with Gasteiger partial charge in [-0.3, -0.25) is 4.79 Å². The SMILES string of the molecule is C[C@H](Cc1ccc(O)cc1)N(C)C(=O)Cc1ccc(F)c(F)c1. The molecule has 0 unspecified atom stereocenters. The van der Waals surface area contributed by atoms with Gasteiger partial charge >= 0.3 is 0 Å². The average Bonchev–Trinajstić information content (AvgIpc) is 2.52. The van der Waals surface area contributed by atoms with E-state index in [1.54, 1.807) is 36.2 Å². The van der Waals surface area contributed by atoms with Crippen molar-refractivity contribution in [1.82, 2.24) is 4.90 Å². The van der Waals surface area contributed by atoms with Gasteiger partial charge in [0, 0.05) is 13.1 Å². The summed E-state index contributed by atoms with van der Waals surface area (Å²) in [7, 11) is 1.69. The Bertz CT molecular complexity index is 686. The molecule has 0 bridgehead atoms. The normalized spacial score (nSPS) is 12.0. The molecular weight excluding hydrogens is 300 g/mol. The van der Waals surface area contributed by atoms with Crippen molar-refractivity contribution in [3.8, 4) is 5.75 Å². The van der Waals surface area contributed by atoms with Crippen LogP contribution < -0.4 is 0 Å². The average molecular weight is 319 g/mol. The predicted octanol–water partition coefficient (Wildman–Crippen LogP) is 3.30. The number of halogens is 2. The zero-order valence-electron chi connectivity index (χ0n) is 13.1. The van der Waals surface area contributed by atoms with Crippen molar-refractivity contribution in [2.75, 3.05) is 7.05 Å². The second-order valence-electron chi connectivity index (χ2n) is 5.65. The monoisotopic (exact) mass is 319 g/mol. The van der Waals surface area contributed by atoms with Gasteiger partial charge in [0.1, 0.15) is 5.75 Å². The number of carbonyl (C=O) groups excluding carboxylic acids is 1. The summed E-state index contributed by atoms with van der Waals surface area (Å²) in [5, 5.41) is 9.27. The first-order chi connectivity index (χ1) is 10.9. The quantitative estimate of drug-likeness (QED) is 0.918. The molecule has 0 aromatic heterocycles. The van der Waals surface area contributed by atoms with Crippen LogP contribution in [-0.4, -0.2) is 29.0 Å². The van der Waals surface area contributed by atoms with Crippen LogP contribution in [0.5, 0.6) is 5.75 Å². The number of phenols is 1. The maximum Gasteiger partial charge on any atom is 0.226 e. The van der Waals surface area contributed by atoms with Gasteiger partial charge in [-0.15, -0.1) is 0 Å². The fraction of sp³-hybridized carbons (Fsp3) is 0.278. The summed E-state index contributed by atoms with van der Waals surface area (Å²) in [6, 6.07) is 10.2. The Morgan fingerprint density at radius 3 is 2.30 bits per heavy atom. The van der Waals surface area contributed by atoms with E-state index in [0.29, 0.717) is 12.0 Å². The lowest BCUT2D eigenvalue weighted by molar-refractivity contribution is -0.130. The molecule has 5 heteroatoms. The highest BCUT2D eigenvalue weighted by Gasteiger charge is 2.17. The second kappa shape index (κ2) is 7.22. The topological polar surface area (TPSA) is 40.5 Å². The minimum atomic E-state index is -0.949. The van der Waals surface area contributed by atoms with E-state index in [-0.39, 0.29) is 24.1 Å². The van der Waals surface area contributed by atoms with Gasteiger partial charge in [0.2, 0.25) is 5.91 Å². The van der Waals surface area contributed by atoms with E-state index >= 15 is 0 Å². The summed E-state index contributed by atoms with van der Waals surface area (Å²) >= 11 is 0. The highest BCUT2D eigenvalue weighted by molar-refractivity contribution is 5.78. The van der Waals surface area contributed by atoms with Gasteiger partial charge in [-0.2, -0.15) is 0 Å². The standard InChI is InChI=1S/C18H19F2NO2/c1-12(9-13-3-6-15(22)7-4-13)21(2)18(23)11-14-5-8-16(19)17(20)10-14/h3-8,10,12,22H,9,11H2,1-2H3/t12-/m1/s1. The lowest BCUT2D eigenvalue weighted by atomic mass is 10.0. The van der Waals surface area contributed by atoms with E-state index in [1.807, 2.05) is 6.92 Å². The maximum atomic E-state index is 13.2. The van der Waals surface area contributed by atoms with Crippen molar-refractivity contribution >= 4 is 5.91 Å². The van der Waals surface area contributed by atoms with E-state index in [4.69, 9.17) is 0 Å². The zero-order valence-corrected chi connectivity index (χ0v) is 13.1. The molecule has 0 heterocycles. The van der Waals surface area contributed by atoms with E-state index in [2.05, 4.69) is 0 Å². The lowest BCUT2D eigenvalue weighted by Gasteiger charge is -2.25. The first-order valence-electron chi connectivity index (χ1n) is 7.34. The lowest BCUT2D eigenvalue weighted by Crippen LogP contribution is -2.37. The molecule has 0 saturated carbocycles. The van der Waals surface area contributed by atoms with Gasteiger partial charge in [-0.25, -0.2) is 8.78 Å². The molecule has 0 radical (unpaired) electrons. The number of likely N-dealkylation sites (N-methyl/N-ethyl adjacent to an activating group) is 1. The molecule has 2 aromatic carbocycles. The van der Waals surface area contributed by atoms with Gasteiger partial charge in [0.25, 0.3) is 0 Å². The number of carbonyl (C=O) groups is 1. The van der Waals surface area contributed by atoms with E-state index in [0.717, 1.165) is 17.7 Å². The Kier molecular flexibility index (Phi) is 5.32. The van der Waals surface area contributed by atoms with Gasteiger partial charge in [0.05, 0.1) is 6.42 Å². The molecule has 122 valence electrons. The van der Waals surface area contributed by atoms with Gasteiger partial charge in [-0.1, -0.05) is 18.2 Å². The van der Waals surface area contributed by atoms with E-state index in [1.165, 1.54) is 6.07 Å². The van der Waals surface area contributed by atoms with Crippen molar-refractivity contribution in [3.63, 3.8) is 0 Å². The minimum Gasteiger partial charge on any atom is -0.508 e. The summed E-state index contributed by atoms with van der Waals surface area (Å²) in [5.74, 6) is -1.84. The summed E-state index contributed by atoms with van der Waals surface area (Å²) in [6.45, 7) is 1.91. The number of rotatable bonds is 5. The molecule has 23 heavy (non-hydrogen) atoms. The van der Waals surface area contributed by atoms with Crippen LogP contribution in [0.4, 0.5) is 8.78 Å². The molecule has 0 spiro atoms. The minimum absolute atomic E-state index is 0.0214. The van der Waals surface area contributed by atoms with Crippen LogP contribution in [0.2, 0.25) is 0 Å². The number of hydrogen-bond donors (Lipinski definition) is 1. The third-order valence-corrected chi connectivity index (χ3v) is 3.86. The van der Waals surface area contributed by atoms with Crippen molar-refractivity contribution in [1.29, 1.82) is 0 Å². The summed E-state index contributed by atoms with van der Waals surface area (Å²) in [5.41, 5.74) is 1.44. The van der Waals surface area contributed by atoms with Crippen LogP contribution in [0.25, 0.3) is 0 Å². The first kappa shape index (κ1) is 16.9. The van der Waals surface area contributed by atoms with E-state index < -0.39 is 11.6 Å². The third kappa shape index (κ3) is 4.52. The third-order valence-electron chi connectivity index (χ3n) is 3.86. The fourth-order valence-electron chi connectivity index (χ4n) is 2.30. The molecule has 2 aromatic rings. The van der Waals surface area contributed by atoms with Crippen molar-refractivity contribution in [2.24, 2.45) is 0 Å². The number of nitrogens with zero attached hydrogens (tertiary/aromatic N) is 1. The van der Waals surface area contributed by atoms with Crippen LogP contribution in [0, 0.1) is 11.6 Å². The zero-order chi connectivity index (χ0) is 17.0. The molecule has 0 fully saturated rings. The number of amides is 1. The van der Waals surface area contributed by atoms with Gasteiger partial charge < -0.3 is 10.0 Å². The number of hydrogen-bond acceptors (Lipinski definition) is 2. The maximum absolute atomic E-state index is 13.2.